The maximum atomic E-state index is 12.9. The second-order valence-corrected chi connectivity index (χ2v) is 7.55. The molecule has 0 unspecified atom stereocenters. The highest BCUT2D eigenvalue weighted by atomic mass is 79.9. The zero-order chi connectivity index (χ0) is 22.0. The number of rotatable bonds is 5. The van der Waals surface area contributed by atoms with Gasteiger partial charge in [0.1, 0.15) is 11.4 Å². The maximum Gasteiger partial charge on any atom is 0.288 e. The van der Waals surface area contributed by atoms with Crippen molar-refractivity contribution >= 4 is 44.6 Å². The maximum absolute atomic E-state index is 12.9. The highest BCUT2D eigenvalue weighted by Gasteiger charge is 2.21. The second kappa shape index (κ2) is 8.41. The SMILES string of the molecule is O=C(NN=Cc1cc(Br)ccc1O)c1[nH]c2ccc([N+](=O)[O-])cc2c1-c1ccccc1. The molecule has 8 nitrogen and oxygen atoms in total. The van der Waals surface area contributed by atoms with Gasteiger partial charge in [0.15, 0.2) is 0 Å². The van der Waals surface area contributed by atoms with E-state index in [0.717, 1.165) is 10.0 Å². The Morgan fingerprint density at radius 3 is 2.65 bits per heavy atom. The molecule has 1 aromatic heterocycles. The van der Waals surface area contributed by atoms with E-state index in [-0.39, 0.29) is 17.1 Å². The fourth-order valence-electron chi connectivity index (χ4n) is 3.21. The molecule has 0 aliphatic rings. The Bertz CT molecular complexity index is 1330. The molecule has 9 heteroatoms. The van der Waals surface area contributed by atoms with E-state index in [9.17, 15) is 20.0 Å². The van der Waals surface area contributed by atoms with Gasteiger partial charge in [-0.3, -0.25) is 14.9 Å². The van der Waals surface area contributed by atoms with Crippen LogP contribution in [0.5, 0.6) is 5.75 Å². The van der Waals surface area contributed by atoms with Gasteiger partial charge in [-0.2, -0.15) is 5.10 Å². The molecular weight excluding hydrogens is 464 g/mol. The van der Waals surface area contributed by atoms with Crippen LogP contribution in [0.25, 0.3) is 22.0 Å². The van der Waals surface area contributed by atoms with Crippen molar-refractivity contribution in [2.75, 3.05) is 0 Å². The molecule has 0 aliphatic carbocycles. The summed E-state index contributed by atoms with van der Waals surface area (Å²) in [5.74, 6) is -0.507. The van der Waals surface area contributed by atoms with Gasteiger partial charge in [-0.05, 0) is 29.8 Å². The number of phenols is 1. The number of carbonyl (C=O) groups is 1. The number of hydrazone groups is 1. The standard InChI is InChI=1S/C22H15BrN4O4/c23-15-6-9-19(28)14(10-15)12-24-26-22(29)21-20(13-4-2-1-3-5-13)17-11-16(27(30)31)7-8-18(17)25-21/h1-12,25,28H,(H,26,29). The first kappa shape index (κ1) is 20.3. The molecule has 0 saturated heterocycles. The van der Waals surface area contributed by atoms with Gasteiger partial charge in [-0.1, -0.05) is 46.3 Å². The van der Waals surface area contributed by atoms with Gasteiger partial charge in [0.25, 0.3) is 11.6 Å². The van der Waals surface area contributed by atoms with Crippen LogP contribution in [-0.4, -0.2) is 27.1 Å². The molecule has 0 spiro atoms. The van der Waals surface area contributed by atoms with Crippen molar-refractivity contribution in [3.05, 3.63) is 92.6 Å². The molecule has 0 bridgehead atoms. The summed E-state index contributed by atoms with van der Waals surface area (Å²) in [6, 6.07) is 18.4. The Hall–Kier alpha value is -3.98. The summed E-state index contributed by atoms with van der Waals surface area (Å²) < 4.78 is 0.752. The summed E-state index contributed by atoms with van der Waals surface area (Å²) in [4.78, 5) is 26.7. The molecule has 4 aromatic rings. The topological polar surface area (TPSA) is 121 Å². The zero-order valence-corrected chi connectivity index (χ0v) is 17.5. The summed E-state index contributed by atoms with van der Waals surface area (Å²) in [7, 11) is 0. The fraction of sp³-hybridized carbons (Fsp3) is 0. The minimum atomic E-state index is -0.525. The number of aromatic hydroxyl groups is 1. The van der Waals surface area contributed by atoms with Crippen molar-refractivity contribution in [1.29, 1.82) is 0 Å². The first-order valence-electron chi connectivity index (χ1n) is 9.11. The average Bonchev–Trinajstić information content (AvgIpc) is 3.15. The number of nitrogens with one attached hydrogen (secondary N) is 2. The number of benzene rings is 3. The number of amides is 1. The number of hydrogen-bond donors (Lipinski definition) is 3. The number of H-pyrrole nitrogens is 1. The van der Waals surface area contributed by atoms with Crippen molar-refractivity contribution in [3.8, 4) is 16.9 Å². The lowest BCUT2D eigenvalue weighted by Gasteiger charge is -2.04. The highest BCUT2D eigenvalue weighted by molar-refractivity contribution is 9.10. The van der Waals surface area contributed by atoms with E-state index in [4.69, 9.17) is 0 Å². The molecular formula is C22H15BrN4O4. The average molecular weight is 479 g/mol. The molecule has 1 heterocycles. The monoisotopic (exact) mass is 478 g/mol. The van der Waals surface area contributed by atoms with E-state index in [2.05, 4.69) is 31.4 Å². The lowest BCUT2D eigenvalue weighted by Crippen LogP contribution is -2.18. The number of nitrogens with zero attached hydrogens (tertiary/aromatic N) is 2. The molecule has 154 valence electrons. The van der Waals surface area contributed by atoms with Crippen LogP contribution in [-0.2, 0) is 0 Å². The third kappa shape index (κ3) is 4.17. The second-order valence-electron chi connectivity index (χ2n) is 6.63. The van der Waals surface area contributed by atoms with Gasteiger partial charge in [-0.15, -0.1) is 0 Å². The van der Waals surface area contributed by atoms with Crippen LogP contribution in [0.2, 0.25) is 0 Å². The fourth-order valence-corrected chi connectivity index (χ4v) is 3.59. The van der Waals surface area contributed by atoms with Crippen LogP contribution in [0.3, 0.4) is 0 Å². The van der Waals surface area contributed by atoms with E-state index in [0.29, 0.717) is 22.0 Å². The lowest BCUT2D eigenvalue weighted by molar-refractivity contribution is -0.384. The van der Waals surface area contributed by atoms with Crippen molar-refractivity contribution in [3.63, 3.8) is 0 Å². The van der Waals surface area contributed by atoms with Crippen LogP contribution in [0.15, 0.2) is 76.3 Å². The molecule has 0 fully saturated rings. The number of fused-ring (bicyclic) bond motifs is 1. The Labute approximate surface area is 184 Å². The molecule has 4 rings (SSSR count). The minimum absolute atomic E-state index is 0.0177. The smallest absolute Gasteiger partial charge is 0.288 e. The van der Waals surface area contributed by atoms with Gasteiger partial charge in [-0.25, -0.2) is 5.43 Å². The molecule has 0 aliphatic heterocycles. The molecule has 0 radical (unpaired) electrons. The number of halogens is 1. The molecule has 0 saturated carbocycles. The molecule has 0 atom stereocenters. The van der Waals surface area contributed by atoms with Gasteiger partial charge >= 0.3 is 0 Å². The number of aromatic amines is 1. The zero-order valence-electron chi connectivity index (χ0n) is 15.9. The lowest BCUT2D eigenvalue weighted by atomic mass is 10.0. The summed E-state index contributed by atoms with van der Waals surface area (Å²) in [5, 5.41) is 25.6. The Morgan fingerprint density at radius 2 is 1.90 bits per heavy atom. The third-order valence-corrected chi connectivity index (χ3v) is 5.14. The quantitative estimate of drug-likeness (QED) is 0.213. The third-order valence-electron chi connectivity index (χ3n) is 4.64. The molecule has 31 heavy (non-hydrogen) atoms. The van der Waals surface area contributed by atoms with Crippen molar-refractivity contribution in [1.82, 2.24) is 10.4 Å². The van der Waals surface area contributed by atoms with Gasteiger partial charge < -0.3 is 10.1 Å². The number of phenolic OH excluding ortho intramolecular Hbond substituents is 1. The van der Waals surface area contributed by atoms with E-state index in [1.807, 2.05) is 30.3 Å². The molecule has 1 amide bonds. The van der Waals surface area contributed by atoms with E-state index < -0.39 is 10.8 Å². The largest absolute Gasteiger partial charge is 0.507 e. The first-order chi connectivity index (χ1) is 14.9. The first-order valence-corrected chi connectivity index (χ1v) is 9.91. The van der Waals surface area contributed by atoms with Gasteiger partial charge in [0.05, 0.1) is 11.1 Å². The van der Waals surface area contributed by atoms with Crippen LogP contribution < -0.4 is 5.43 Å². The van der Waals surface area contributed by atoms with Gasteiger partial charge in [0.2, 0.25) is 0 Å². The minimum Gasteiger partial charge on any atom is -0.507 e. The van der Waals surface area contributed by atoms with Gasteiger partial charge in [0, 0.05) is 38.6 Å². The number of non-ortho nitro benzene ring substituents is 1. The normalized spacial score (nSPS) is 11.1. The molecule has 3 N–H and O–H groups in total. The van der Waals surface area contributed by atoms with E-state index in [1.165, 1.54) is 24.4 Å². The number of nitro groups is 1. The number of nitro benzene ring substituents is 1. The predicted octanol–water partition coefficient (Wildman–Crippen LogP) is 4.98. The van der Waals surface area contributed by atoms with Crippen molar-refractivity contribution < 1.29 is 14.8 Å². The number of aromatic nitrogens is 1. The van der Waals surface area contributed by atoms with E-state index >= 15 is 0 Å². The van der Waals surface area contributed by atoms with Crippen LogP contribution in [0.1, 0.15) is 16.1 Å². The Kier molecular flexibility index (Phi) is 5.50. The molecule has 3 aromatic carbocycles. The summed E-state index contributed by atoms with van der Waals surface area (Å²) >= 11 is 3.31. The van der Waals surface area contributed by atoms with Crippen molar-refractivity contribution in [2.24, 2.45) is 5.10 Å². The predicted molar refractivity (Wildman–Crippen MR) is 121 cm³/mol. The van der Waals surface area contributed by atoms with Crippen LogP contribution in [0.4, 0.5) is 5.69 Å². The number of carbonyl (C=O) groups excluding carboxylic acids is 1. The van der Waals surface area contributed by atoms with Crippen LogP contribution >= 0.6 is 15.9 Å². The Balaban J connectivity index is 1.74. The summed E-state index contributed by atoms with van der Waals surface area (Å²) in [5.41, 5.74) is 4.87. The number of hydrogen-bond acceptors (Lipinski definition) is 5. The van der Waals surface area contributed by atoms with Crippen molar-refractivity contribution in [2.45, 2.75) is 0 Å². The summed E-state index contributed by atoms with van der Waals surface area (Å²) in [6.45, 7) is 0. The highest BCUT2D eigenvalue weighted by Crippen LogP contribution is 2.34. The van der Waals surface area contributed by atoms with E-state index in [1.54, 1.807) is 18.2 Å². The van der Waals surface area contributed by atoms with Crippen LogP contribution in [0, 0.1) is 10.1 Å². The summed E-state index contributed by atoms with van der Waals surface area (Å²) in [6.07, 6.45) is 1.33. The Morgan fingerprint density at radius 1 is 1.13 bits per heavy atom.